The summed E-state index contributed by atoms with van der Waals surface area (Å²) in [6.07, 6.45) is 3.39. The molecular weight excluding hydrogens is 336 g/mol. The van der Waals surface area contributed by atoms with E-state index in [-0.39, 0.29) is 11.2 Å². The van der Waals surface area contributed by atoms with Gasteiger partial charge in [0.1, 0.15) is 5.75 Å². The van der Waals surface area contributed by atoms with Gasteiger partial charge in [0.05, 0.1) is 18.0 Å². The van der Waals surface area contributed by atoms with Gasteiger partial charge in [-0.3, -0.25) is 4.79 Å². The lowest BCUT2D eigenvalue weighted by Crippen LogP contribution is -2.50. The fourth-order valence-corrected chi connectivity index (χ4v) is 3.68. The molecule has 132 valence electrons. The quantitative estimate of drug-likeness (QED) is 0.604. The number of ether oxygens (including phenoxy) is 1. The first-order valence-electron chi connectivity index (χ1n) is 8.29. The first-order valence-corrected chi connectivity index (χ1v) is 9.17. The molecule has 0 spiro atoms. The highest BCUT2D eigenvalue weighted by Crippen LogP contribution is 2.29. The number of amides is 1. The lowest BCUT2D eigenvalue weighted by Gasteiger charge is -2.37. The van der Waals surface area contributed by atoms with Gasteiger partial charge in [-0.15, -0.1) is 0 Å². The van der Waals surface area contributed by atoms with Crippen LogP contribution in [0.15, 0.2) is 47.9 Å². The predicted molar refractivity (Wildman–Crippen MR) is 99.1 cm³/mol. The van der Waals surface area contributed by atoms with Gasteiger partial charge in [0.25, 0.3) is 0 Å². The number of para-hydroxylation sites is 2. The Hall–Kier alpha value is -2.28. The van der Waals surface area contributed by atoms with Crippen LogP contribution < -0.4 is 9.64 Å². The maximum atomic E-state index is 12.7. The van der Waals surface area contributed by atoms with Crippen molar-refractivity contribution in [3.8, 4) is 5.75 Å². The molecule has 1 aromatic carbocycles. The minimum Gasteiger partial charge on any atom is -0.495 e. The fraction of sp³-hybridized carbons (Fsp3) is 0.389. The third kappa shape index (κ3) is 4.22. The molecule has 2 aromatic rings. The van der Waals surface area contributed by atoms with Gasteiger partial charge in [-0.2, -0.15) is 0 Å². The summed E-state index contributed by atoms with van der Waals surface area (Å²) in [5.74, 6) is 1.00. The van der Waals surface area contributed by atoms with Gasteiger partial charge >= 0.3 is 0 Å². The van der Waals surface area contributed by atoms with Crippen LogP contribution >= 0.6 is 11.8 Å². The van der Waals surface area contributed by atoms with Crippen LogP contribution in [0, 0.1) is 0 Å². The highest BCUT2D eigenvalue weighted by molar-refractivity contribution is 8.00. The molecule has 0 N–H and O–H groups in total. The Labute approximate surface area is 152 Å². The van der Waals surface area contributed by atoms with E-state index in [1.807, 2.05) is 30.0 Å². The predicted octanol–water partition coefficient (Wildman–Crippen LogP) is 2.31. The number of carbonyl (C=O) groups is 1. The highest BCUT2D eigenvalue weighted by Gasteiger charge is 2.26. The van der Waals surface area contributed by atoms with E-state index >= 15 is 0 Å². The second kappa shape index (κ2) is 8.20. The van der Waals surface area contributed by atoms with Crippen molar-refractivity contribution in [3.05, 3.63) is 42.7 Å². The molecule has 0 radical (unpaired) electrons. The number of aromatic nitrogens is 2. The first kappa shape index (κ1) is 17.5. The summed E-state index contributed by atoms with van der Waals surface area (Å²) in [7, 11) is 1.68. The smallest absolute Gasteiger partial charge is 0.236 e. The molecule has 3 rings (SSSR count). The molecule has 1 saturated heterocycles. The van der Waals surface area contributed by atoms with Crippen LogP contribution in [0.1, 0.15) is 6.92 Å². The Morgan fingerprint density at radius 2 is 1.80 bits per heavy atom. The number of carbonyl (C=O) groups excluding carboxylic acids is 1. The molecule has 1 atom stereocenters. The van der Waals surface area contributed by atoms with Crippen LogP contribution in [-0.4, -0.2) is 59.3 Å². The number of hydrogen-bond donors (Lipinski definition) is 0. The van der Waals surface area contributed by atoms with Crippen molar-refractivity contribution in [1.82, 2.24) is 14.9 Å². The molecule has 0 bridgehead atoms. The number of thioether (sulfide) groups is 1. The van der Waals surface area contributed by atoms with Crippen LogP contribution in [-0.2, 0) is 4.79 Å². The van der Waals surface area contributed by atoms with Crippen LogP contribution in [0.3, 0.4) is 0 Å². The Morgan fingerprint density at radius 1 is 1.12 bits per heavy atom. The zero-order valence-electron chi connectivity index (χ0n) is 14.5. The Kier molecular flexibility index (Phi) is 5.75. The summed E-state index contributed by atoms with van der Waals surface area (Å²) in [6, 6.07) is 9.77. The molecule has 0 saturated carbocycles. The maximum Gasteiger partial charge on any atom is 0.236 e. The van der Waals surface area contributed by atoms with Gasteiger partial charge in [-0.1, -0.05) is 23.9 Å². The summed E-state index contributed by atoms with van der Waals surface area (Å²) in [5.41, 5.74) is 1.08. The monoisotopic (exact) mass is 358 g/mol. The fourth-order valence-electron chi connectivity index (χ4n) is 2.87. The third-order valence-electron chi connectivity index (χ3n) is 4.19. The molecule has 1 amide bonds. The van der Waals surface area contributed by atoms with Crippen LogP contribution in [0.5, 0.6) is 5.75 Å². The summed E-state index contributed by atoms with van der Waals surface area (Å²) < 4.78 is 5.44. The van der Waals surface area contributed by atoms with E-state index in [0.717, 1.165) is 24.5 Å². The second-order valence-corrected chi connectivity index (χ2v) is 7.08. The molecule has 1 aliphatic heterocycles. The topological polar surface area (TPSA) is 58.6 Å². The van der Waals surface area contributed by atoms with Crippen molar-refractivity contribution >= 4 is 23.4 Å². The number of anilines is 1. The average Bonchev–Trinajstić information content (AvgIpc) is 2.68. The number of rotatable bonds is 5. The number of methoxy groups -OCH3 is 1. The molecule has 1 aliphatic rings. The number of hydrogen-bond acceptors (Lipinski definition) is 6. The van der Waals surface area contributed by atoms with E-state index in [2.05, 4.69) is 20.9 Å². The van der Waals surface area contributed by atoms with Crippen molar-refractivity contribution in [3.63, 3.8) is 0 Å². The van der Waals surface area contributed by atoms with Crippen molar-refractivity contribution in [1.29, 1.82) is 0 Å². The zero-order chi connectivity index (χ0) is 17.6. The van der Waals surface area contributed by atoms with E-state index in [1.165, 1.54) is 11.8 Å². The van der Waals surface area contributed by atoms with E-state index < -0.39 is 0 Å². The SMILES string of the molecule is COc1ccccc1N1CCN(C(=O)C(C)Sc2ncccn2)CC1. The molecule has 1 unspecified atom stereocenters. The van der Waals surface area contributed by atoms with Gasteiger partial charge in [0, 0.05) is 38.6 Å². The van der Waals surface area contributed by atoms with Gasteiger partial charge in [-0.25, -0.2) is 9.97 Å². The van der Waals surface area contributed by atoms with Gasteiger partial charge < -0.3 is 14.5 Å². The minimum absolute atomic E-state index is 0.136. The van der Waals surface area contributed by atoms with Gasteiger partial charge in [0.15, 0.2) is 5.16 Å². The largest absolute Gasteiger partial charge is 0.495 e. The summed E-state index contributed by atoms with van der Waals surface area (Å²) in [5, 5.41) is 0.441. The molecule has 1 aromatic heterocycles. The lowest BCUT2D eigenvalue weighted by atomic mass is 10.2. The molecule has 0 aliphatic carbocycles. The minimum atomic E-state index is -0.194. The standard InChI is InChI=1S/C18H22N4O2S/c1-14(25-18-19-8-5-9-20-18)17(23)22-12-10-21(11-13-22)15-6-3-4-7-16(15)24-2/h3-9,14H,10-13H2,1-2H3. The lowest BCUT2D eigenvalue weighted by molar-refractivity contribution is -0.130. The highest BCUT2D eigenvalue weighted by atomic mass is 32.2. The van der Waals surface area contributed by atoms with Crippen molar-refractivity contribution < 1.29 is 9.53 Å². The zero-order valence-corrected chi connectivity index (χ0v) is 15.3. The Balaban J connectivity index is 1.57. The van der Waals surface area contributed by atoms with Crippen molar-refractivity contribution in [2.24, 2.45) is 0 Å². The van der Waals surface area contributed by atoms with Gasteiger partial charge in [0.2, 0.25) is 5.91 Å². The molecule has 1 fully saturated rings. The second-order valence-electron chi connectivity index (χ2n) is 5.78. The van der Waals surface area contributed by atoms with Gasteiger partial charge in [-0.05, 0) is 25.1 Å². The summed E-state index contributed by atoms with van der Waals surface area (Å²) in [4.78, 5) is 25.2. The third-order valence-corrected chi connectivity index (χ3v) is 5.17. The van der Waals surface area contributed by atoms with E-state index in [9.17, 15) is 4.79 Å². The average molecular weight is 358 g/mol. The summed E-state index contributed by atoms with van der Waals surface area (Å²) >= 11 is 1.40. The number of nitrogens with zero attached hydrogens (tertiary/aromatic N) is 4. The van der Waals surface area contributed by atoms with Crippen molar-refractivity contribution in [2.75, 3.05) is 38.2 Å². The Bertz CT molecular complexity index is 705. The normalized spacial score (nSPS) is 15.8. The number of benzene rings is 1. The van der Waals surface area contributed by atoms with Crippen LogP contribution in [0.25, 0.3) is 0 Å². The van der Waals surface area contributed by atoms with E-state index in [4.69, 9.17) is 4.74 Å². The Morgan fingerprint density at radius 3 is 2.48 bits per heavy atom. The van der Waals surface area contributed by atoms with Crippen molar-refractivity contribution in [2.45, 2.75) is 17.3 Å². The molecule has 2 heterocycles. The maximum absolute atomic E-state index is 12.7. The van der Waals surface area contributed by atoms with Crippen LogP contribution in [0.2, 0.25) is 0 Å². The molecular formula is C18H22N4O2S. The van der Waals surface area contributed by atoms with E-state index in [1.54, 1.807) is 25.6 Å². The first-order chi connectivity index (χ1) is 12.2. The van der Waals surface area contributed by atoms with E-state index in [0.29, 0.717) is 18.2 Å². The number of piperazine rings is 1. The summed E-state index contributed by atoms with van der Waals surface area (Å²) in [6.45, 7) is 4.92. The molecule has 25 heavy (non-hydrogen) atoms. The molecule has 7 heteroatoms. The molecule has 6 nitrogen and oxygen atoms in total. The van der Waals surface area contributed by atoms with Crippen LogP contribution in [0.4, 0.5) is 5.69 Å².